The van der Waals surface area contributed by atoms with Crippen molar-refractivity contribution in [1.82, 2.24) is 5.32 Å². The quantitative estimate of drug-likeness (QED) is 0.767. The van der Waals surface area contributed by atoms with E-state index in [4.69, 9.17) is 18.3 Å². The molecule has 22 heavy (non-hydrogen) atoms. The molecule has 0 aliphatic carbocycles. The minimum absolute atomic E-state index is 0.113. The van der Waals surface area contributed by atoms with E-state index >= 15 is 0 Å². The average molecular weight is 348 g/mol. The van der Waals surface area contributed by atoms with Crippen molar-refractivity contribution in [3.05, 3.63) is 0 Å². The molecular weight excluding hydrogens is 318 g/mol. The van der Waals surface area contributed by atoms with E-state index in [2.05, 4.69) is 44.6 Å². The molecule has 1 amide bonds. The van der Waals surface area contributed by atoms with Crippen molar-refractivity contribution in [2.75, 3.05) is 6.61 Å². The Morgan fingerprint density at radius 2 is 1.68 bits per heavy atom. The molecule has 2 rings (SSSR count). The fraction of sp³-hybridized carbons (Fsp3) is 0.929. The molecule has 1 N–H and O–H groups in total. The topological polar surface area (TPSA) is 66.0 Å². The number of rotatable bonds is 5. The number of ether oxygens (including phenoxy) is 2. The second kappa shape index (κ2) is 6.33. The van der Waals surface area contributed by atoms with Gasteiger partial charge in [-0.2, -0.15) is 0 Å². The summed E-state index contributed by atoms with van der Waals surface area (Å²) in [6, 6.07) is -0.329. The Bertz CT molecular complexity index is 420. The first-order valence-electron chi connectivity index (χ1n) is 7.86. The second-order valence-corrected chi connectivity index (χ2v) is 16.9. The first kappa shape index (κ1) is 18.1. The van der Waals surface area contributed by atoms with Gasteiger partial charge in [-0.05, 0) is 39.3 Å². The van der Waals surface area contributed by atoms with E-state index < -0.39 is 22.9 Å². The number of fused-ring (bicyclic) bond motifs is 2. The molecule has 8 heteroatoms. The summed E-state index contributed by atoms with van der Waals surface area (Å²) in [7, 11) is -3.53. The van der Waals surface area contributed by atoms with Crippen LogP contribution in [0.1, 0.15) is 6.92 Å². The number of hydrogen-bond acceptors (Lipinski definition) is 5. The molecule has 0 spiro atoms. The van der Waals surface area contributed by atoms with Gasteiger partial charge in [0.05, 0.1) is 6.61 Å². The highest BCUT2D eigenvalue weighted by atomic mass is 28.4. The van der Waals surface area contributed by atoms with Crippen molar-refractivity contribution < 1.29 is 23.1 Å². The largest absolute Gasteiger partial charge is 0.409 e. The van der Waals surface area contributed by atoms with Crippen molar-refractivity contribution in [2.45, 2.75) is 76.8 Å². The summed E-state index contributed by atoms with van der Waals surface area (Å²) >= 11 is 0. The molecule has 0 aromatic rings. The van der Waals surface area contributed by atoms with Crippen LogP contribution in [0.4, 0.5) is 0 Å². The molecule has 2 saturated heterocycles. The lowest BCUT2D eigenvalue weighted by Gasteiger charge is -2.43. The van der Waals surface area contributed by atoms with Gasteiger partial charge in [-0.25, -0.2) is 0 Å². The second-order valence-electron chi connectivity index (χ2n) is 7.99. The van der Waals surface area contributed by atoms with Gasteiger partial charge >= 0.3 is 0 Å². The van der Waals surface area contributed by atoms with Crippen LogP contribution in [0.5, 0.6) is 0 Å². The van der Waals surface area contributed by atoms with Crippen molar-refractivity contribution >= 4 is 22.5 Å². The van der Waals surface area contributed by atoms with Gasteiger partial charge in [-0.1, -0.05) is 0 Å². The van der Waals surface area contributed by atoms with Gasteiger partial charge in [-0.15, -0.1) is 0 Å². The zero-order valence-corrected chi connectivity index (χ0v) is 16.6. The Hall–Kier alpha value is -0.256. The van der Waals surface area contributed by atoms with Gasteiger partial charge in [0.1, 0.15) is 24.4 Å². The summed E-state index contributed by atoms with van der Waals surface area (Å²) in [6.07, 6.45) is -0.932. The normalized spacial score (nSPS) is 35.5. The van der Waals surface area contributed by atoms with E-state index in [1.54, 1.807) is 0 Å². The van der Waals surface area contributed by atoms with Crippen LogP contribution in [0.15, 0.2) is 0 Å². The fourth-order valence-electron chi connectivity index (χ4n) is 2.83. The third-order valence-corrected chi connectivity index (χ3v) is 5.35. The standard InChI is InChI=1S/C14H29NO5Si2/c1-9(16)15-11-13-12(19-21(2,3)4)10(8-17-13)18-14(11)20-22(5,6)7/h10-14H,8H2,1-7H3,(H,15,16)/t10-,11-,12-,13-,14+/m1/s1. The summed E-state index contributed by atoms with van der Waals surface area (Å²) in [5.74, 6) is -0.113. The van der Waals surface area contributed by atoms with E-state index in [-0.39, 0.29) is 30.3 Å². The Morgan fingerprint density at radius 1 is 1.09 bits per heavy atom. The van der Waals surface area contributed by atoms with Gasteiger partial charge in [0.2, 0.25) is 5.91 Å². The Balaban J connectivity index is 2.19. The molecule has 0 aromatic heterocycles. The van der Waals surface area contributed by atoms with Crippen LogP contribution in [0.3, 0.4) is 0 Å². The molecule has 128 valence electrons. The zero-order chi connectivity index (χ0) is 16.7. The van der Waals surface area contributed by atoms with Crippen LogP contribution < -0.4 is 5.32 Å². The van der Waals surface area contributed by atoms with Gasteiger partial charge < -0.3 is 23.6 Å². The molecule has 0 aromatic carbocycles. The number of carbonyl (C=O) groups excluding carboxylic acids is 1. The minimum atomic E-state index is -1.80. The lowest BCUT2D eigenvalue weighted by molar-refractivity contribution is -0.193. The van der Waals surface area contributed by atoms with Gasteiger partial charge in [0, 0.05) is 6.92 Å². The molecule has 2 bridgehead atoms. The van der Waals surface area contributed by atoms with Crippen molar-refractivity contribution in [3.8, 4) is 0 Å². The highest BCUT2D eigenvalue weighted by molar-refractivity contribution is 6.70. The predicted molar refractivity (Wildman–Crippen MR) is 88.7 cm³/mol. The number of amides is 1. The van der Waals surface area contributed by atoms with Crippen molar-refractivity contribution in [2.24, 2.45) is 0 Å². The van der Waals surface area contributed by atoms with Gasteiger partial charge in [0.15, 0.2) is 22.9 Å². The molecule has 2 heterocycles. The van der Waals surface area contributed by atoms with Crippen LogP contribution in [0.25, 0.3) is 0 Å². The molecule has 2 fully saturated rings. The fourth-order valence-corrected chi connectivity index (χ4v) is 4.83. The Kier molecular flexibility index (Phi) is 5.20. The van der Waals surface area contributed by atoms with E-state index in [1.165, 1.54) is 6.92 Å². The summed E-state index contributed by atoms with van der Waals surface area (Å²) in [4.78, 5) is 11.6. The lowest BCUT2D eigenvalue weighted by atomic mass is 10.00. The molecule has 5 atom stereocenters. The molecule has 0 radical (unpaired) electrons. The third-order valence-electron chi connectivity index (χ3n) is 3.43. The molecule has 0 saturated carbocycles. The van der Waals surface area contributed by atoms with Crippen LogP contribution in [0, 0.1) is 0 Å². The van der Waals surface area contributed by atoms with E-state index in [0.29, 0.717) is 6.61 Å². The molecule has 2 aliphatic rings. The summed E-state index contributed by atoms with van der Waals surface area (Å²) < 4.78 is 24.4. The van der Waals surface area contributed by atoms with Crippen LogP contribution in [0.2, 0.25) is 39.3 Å². The van der Waals surface area contributed by atoms with Crippen molar-refractivity contribution in [3.63, 3.8) is 0 Å². The van der Waals surface area contributed by atoms with Crippen LogP contribution >= 0.6 is 0 Å². The maximum atomic E-state index is 11.6. The highest BCUT2D eigenvalue weighted by Crippen LogP contribution is 2.35. The number of nitrogens with one attached hydrogen (secondary N) is 1. The maximum Gasteiger partial charge on any atom is 0.217 e. The summed E-state index contributed by atoms with van der Waals surface area (Å²) in [5.41, 5.74) is 0. The monoisotopic (exact) mass is 347 g/mol. The maximum absolute atomic E-state index is 11.6. The number of hydrogen-bond donors (Lipinski definition) is 1. The van der Waals surface area contributed by atoms with Gasteiger partial charge in [-0.3, -0.25) is 4.79 Å². The van der Waals surface area contributed by atoms with E-state index in [1.807, 2.05) is 0 Å². The lowest BCUT2D eigenvalue weighted by Crippen LogP contribution is -2.63. The first-order valence-corrected chi connectivity index (χ1v) is 14.7. The van der Waals surface area contributed by atoms with Crippen LogP contribution in [-0.2, 0) is 23.1 Å². The molecule has 0 unspecified atom stereocenters. The number of carbonyl (C=O) groups is 1. The summed E-state index contributed by atoms with van der Waals surface area (Å²) in [6.45, 7) is 14.7. The third kappa shape index (κ3) is 4.62. The van der Waals surface area contributed by atoms with Gasteiger partial charge in [0.25, 0.3) is 0 Å². The Morgan fingerprint density at radius 3 is 2.18 bits per heavy atom. The van der Waals surface area contributed by atoms with E-state index in [9.17, 15) is 4.79 Å². The first-order chi connectivity index (χ1) is 9.96. The average Bonchev–Trinajstić information content (AvgIpc) is 2.54. The van der Waals surface area contributed by atoms with Crippen molar-refractivity contribution in [1.29, 1.82) is 0 Å². The molecule has 2 aliphatic heterocycles. The SMILES string of the molecule is CC(=O)N[C@H]1[C@H](O[Si](C)(C)C)O[C@@H]2CO[C@H]1[C@@H]2O[Si](C)(C)C. The van der Waals surface area contributed by atoms with E-state index in [0.717, 1.165) is 0 Å². The Labute approximate surface area is 135 Å². The summed E-state index contributed by atoms with van der Waals surface area (Å²) in [5, 5.41) is 2.94. The van der Waals surface area contributed by atoms with Crippen LogP contribution in [-0.4, -0.2) is 59.8 Å². The predicted octanol–water partition coefficient (Wildman–Crippen LogP) is 1.69. The molecular formula is C14H29NO5Si2. The molecule has 6 nitrogen and oxygen atoms in total. The zero-order valence-electron chi connectivity index (χ0n) is 14.6. The smallest absolute Gasteiger partial charge is 0.217 e. The minimum Gasteiger partial charge on any atom is -0.409 e. The highest BCUT2D eigenvalue weighted by Gasteiger charge is 2.54.